The van der Waals surface area contributed by atoms with Gasteiger partial charge in [0.2, 0.25) is 0 Å². The van der Waals surface area contributed by atoms with Crippen molar-refractivity contribution in [2.75, 3.05) is 40.5 Å². The van der Waals surface area contributed by atoms with Crippen LogP contribution in [0.5, 0.6) is 11.5 Å². The van der Waals surface area contributed by atoms with E-state index in [9.17, 15) is 5.11 Å². The van der Waals surface area contributed by atoms with Crippen molar-refractivity contribution in [2.24, 2.45) is 0 Å². The number of benzene rings is 2. The number of ether oxygens (including phenoxy) is 2. The van der Waals surface area contributed by atoms with Crippen LogP contribution < -0.4 is 9.47 Å². The molecule has 3 rings (SSSR count). The molecule has 0 saturated carbocycles. The smallest absolute Gasteiger partial charge is 0.123 e. The second-order valence-corrected chi connectivity index (χ2v) is 7.86. The van der Waals surface area contributed by atoms with Crippen LogP contribution in [0.1, 0.15) is 28.7 Å². The molecule has 29 heavy (non-hydrogen) atoms. The van der Waals surface area contributed by atoms with Gasteiger partial charge in [-0.1, -0.05) is 24.3 Å². The van der Waals surface area contributed by atoms with Gasteiger partial charge >= 0.3 is 0 Å². The third kappa shape index (κ3) is 5.10. The van der Waals surface area contributed by atoms with E-state index in [4.69, 9.17) is 9.47 Å². The highest BCUT2D eigenvalue weighted by Gasteiger charge is 2.27. The fraction of sp³-hybridized carbons (Fsp3) is 0.500. The highest BCUT2D eigenvalue weighted by Crippen LogP contribution is 2.27. The maximum absolute atomic E-state index is 9.65. The first-order valence-corrected chi connectivity index (χ1v) is 10.4. The standard InChI is InChI=1S/C24H34N2O3/c1-18-19(2)23(28-3)10-9-20(18)16-26-13-12-25(17-22(26)11-14-27)15-21-7-5-6-8-24(21)29-4/h5-10,22,27H,11-17H2,1-4H3/t22-/m1/s1. The molecule has 0 aliphatic carbocycles. The zero-order chi connectivity index (χ0) is 20.8. The van der Waals surface area contributed by atoms with Crippen molar-refractivity contribution >= 4 is 0 Å². The normalized spacial score (nSPS) is 18.0. The Morgan fingerprint density at radius 3 is 2.38 bits per heavy atom. The van der Waals surface area contributed by atoms with Gasteiger partial charge in [0.1, 0.15) is 11.5 Å². The minimum absolute atomic E-state index is 0.213. The van der Waals surface area contributed by atoms with E-state index in [0.29, 0.717) is 6.04 Å². The number of hydrogen-bond donors (Lipinski definition) is 1. The lowest BCUT2D eigenvalue weighted by Gasteiger charge is -2.42. The molecule has 2 aromatic carbocycles. The van der Waals surface area contributed by atoms with Crippen LogP contribution in [0.3, 0.4) is 0 Å². The highest BCUT2D eigenvalue weighted by molar-refractivity contribution is 5.43. The molecule has 0 aromatic heterocycles. The lowest BCUT2D eigenvalue weighted by Crippen LogP contribution is -2.52. The number of aliphatic hydroxyl groups excluding tert-OH is 1. The van der Waals surface area contributed by atoms with Crippen molar-refractivity contribution in [3.8, 4) is 11.5 Å². The Balaban J connectivity index is 1.70. The maximum atomic E-state index is 9.65. The molecule has 1 aliphatic heterocycles. The second-order valence-electron chi connectivity index (χ2n) is 7.86. The molecule has 158 valence electrons. The largest absolute Gasteiger partial charge is 0.496 e. The molecule has 2 aromatic rings. The molecule has 0 bridgehead atoms. The van der Waals surface area contributed by atoms with Crippen molar-refractivity contribution in [1.82, 2.24) is 9.80 Å². The van der Waals surface area contributed by atoms with Gasteiger partial charge in [0.05, 0.1) is 14.2 Å². The number of aliphatic hydroxyl groups is 1. The van der Waals surface area contributed by atoms with Crippen molar-refractivity contribution < 1.29 is 14.6 Å². The maximum Gasteiger partial charge on any atom is 0.123 e. The second kappa shape index (κ2) is 10.1. The summed E-state index contributed by atoms with van der Waals surface area (Å²) in [6, 6.07) is 12.8. The molecule has 1 atom stereocenters. The summed E-state index contributed by atoms with van der Waals surface area (Å²) in [7, 11) is 3.45. The third-order valence-corrected chi connectivity index (χ3v) is 6.18. The Hall–Kier alpha value is -2.08. The minimum atomic E-state index is 0.213. The number of para-hydroxylation sites is 1. The summed E-state index contributed by atoms with van der Waals surface area (Å²) in [6.45, 7) is 9.24. The van der Waals surface area contributed by atoms with E-state index in [1.165, 1.54) is 22.3 Å². The summed E-state index contributed by atoms with van der Waals surface area (Å²) in [4.78, 5) is 4.99. The van der Waals surface area contributed by atoms with Gasteiger partial charge in [-0.25, -0.2) is 0 Å². The molecule has 1 fully saturated rings. The van der Waals surface area contributed by atoms with Crippen LogP contribution in [-0.4, -0.2) is 61.4 Å². The number of methoxy groups -OCH3 is 2. The molecule has 1 N–H and O–H groups in total. The van der Waals surface area contributed by atoms with Gasteiger partial charge in [0, 0.05) is 50.9 Å². The Bertz CT molecular complexity index is 809. The van der Waals surface area contributed by atoms with Crippen LogP contribution in [0.4, 0.5) is 0 Å². The Morgan fingerprint density at radius 2 is 1.66 bits per heavy atom. The van der Waals surface area contributed by atoms with E-state index in [1.54, 1.807) is 14.2 Å². The SMILES string of the molecule is COc1ccccc1CN1CCN(Cc2ccc(OC)c(C)c2C)[C@H](CCO)C1. The first-order chi connectivity index (χ1) is 14.1. The average Bonchev–Trinajstić information content (AvgIpc) is 2.74. The fourth-order valence-corrected chi connectivity index (χ4v) is 4.27. The molecule has 0 amide bonds. The first-order valence-electron chi connectivity index (χ1n) is 10.4. The number of nitrogens with zero attached hydrogens (tertiary/aromatic N) is 2. The summed E-state index contributed by atoms with van der Waals surface area (Å²) < 4.78 is 11.0. The van der Waals surface area contributed by atoms with Gasteiger partial charge in [0.25, 0.3) is 0 Å². The summed E-state index contributed by atoms with van der Waals surface area (Å²) in [5.41, 5.74) is 5.05. The lowest BCUT2D eigenvalue weighted by atomic mass is 10.00. The van der Waals surface area contributed by atoms with E-state index < -0.39 is 0 Å². The van der Waals surface area contributed by atoms with Crippen LogP contribution >= 0.6 is 0 Å². The van der Waals surface area contributed by atoms with E-state index in [2.05, 4.69) is 47.9 Å². The number of piperazine rings is 1. The number of hydrogen-bond acceptors (Lipinski definition) is 5. The molecule has 1 heterocycles. The Morgan fingerprint density at radius 1 is 0.897 bits per heavy atom. The molecular formula is C24H34N2O3. The Kier molecular flexibility index (Phi) is 7.53. The van der Waals surface area contributed by atoms with E-state index in [-0.39, 0.29) is 6.61 Å². The van der Waals surface area contributed by atoms with Gasteiger partial charge < -0.3 is 14.6 Å². The highest BCUT2D eigenvalue weighted by atomic mass is 16.5. The summed E-state index contributed by atoms with van der Waals surface area (Å²) in [5, 5.41) is 9.65. The van der Waals surface area contributed by atoms with Gasteiger partial charge in [-0.2, -0.15) is 0 Å². The minimum Gasteiger partial charge on any atom is -0.496 e. The van der Waals surface area contributed by atoms with Crippen molar-refractivity contribution in [1.29, 1.82) is 0 Å². The fourth-order valence-electron chi connectivity index (χ4n) is 4.27. The molecule has 0 radical (unpaired) electrons. The molecule has 1 aliphatic rings. The zero-order valence-corrected chi connectivity index (χ0v) is 18.1. The van der Waals surface area contributed by atoms with Crippen molar-refractivity contribution in [2.45, 2.75) is 39.4 Å². The van der Waals surface area contributed by atoms with E-state index >= 15 is 0 Å². The van der Waals surface area contributed by atoms with Crippen LogP contribution in [-0.2, 0) is 13.1 Å². The summed E-state index contributed by atoms with van der Waals surface area (Å²) >= 11 is 0. The van der Waals surface area contributed by atoms with Crippen LogP contribution in [0.25, 0.3) is 0 Å². The molecule has 0 unspecified atom stereocenters. The van der Waals surface area contributed by atoms with Crippen molar-refractivity contribution in [3.05, 3.63) is 58.7 Å². The molecule has 0 spiro atoms. The van der Waals surface area contributed by atoms with Crippen LogP contribution in [0, 0.1) is 13.8 Å². The quantitative estimate of drug-likeness (QED) is 0.739. The van der Waals surface area contributed by atoms with Gasteiger partial charge in [-0.15, -0.1) is 0 Å². The van der Waals surface area contributed by atoms with Gasteiger partial charge in [0.15, 0.2) is 0 Å². The van der Waals surface area contributed by atoms with Crippen LogP contribution in [0.15, 0.2) is 36.4 Å². The molecule has 5 nitrogen and oxygen atoms in total. The molecule has 5 heteroatoms. The molecular weight excluding hydrogens is 364 g/mol. The topological polar surface area (TPSA) is 45.2 Å². The van der Waals surface area contributed by atoms with Gasteiger partial charge in [-0.05, 0) is 49.1 Å². The lowest BCUT2D eigenvalue weighted by molar-refractivity contribution is 0.0495. The molecule has 1 saturated heterocycles. The van der Waals surface area contributed by atoms with Gasteiger partial charge in [-0.3, -0.25) is 9.80 Å². The van der Waals surface area contributed by atoms with Crippen molar-refractivity contribution in [3.63, 3.8) is 0 Å². The third-order valence-electron chi connectivity index (χ3n) is 6.18. The first kappa shape index (κ1) is 21.6. The summed E-state index contributed by atoms with van der Waals surface area (Å²) in [6.07, 6.45) is 0.788. The number of rotatable bonds is 8. The van der Waals surface area contributed by atoms with Crippen LogP contribution in [0.2, 0.25) is 0 Å². The van der Waals surface area contributed by atoms with E-state index in [0.717, 1.165) is 50.6 Å². The van der Waals surface area contributed by atoms with E-state index in [1.807, 2.05) is 12.1 Å². The predicted molar refractivity (Wildman–Crippen MR) is 117 cm³/mol. The zero-order valence-electron chi connectivity index (χ0n) is 18.1. The average molecular weight is 399 g/mol. The summed E-state index contributed by atoms with van der Waals surface area (Å²) in [5.74, 6) is 1.89. The monoisotopic (exact) mass is 398 g/mol. The Labute approximate surface area is 174 Å². The predicted octanol–water partition coefficient (Wildman–Crippen LogP) is 3.39.